The molecule has 0 aliphatic heterocycles. The van der Waals surface area contributed by atoms with Crippen LogP contribution < -0.4 is 4.90 Å². The SMILES string of the molecule is CC(C)c1nc(Br)cc(N(C)C2CCCCC2C)n1. The highest BCUT2D eigenvalue weighted by molar-refractivity contribution is 9.10. The van der Waals surface area contributed by atoms with Crippen molar-refractivity contribution >= 4 is 21.7 Å². The van der Waals surface area contributed by atoms with Crippen LogP contribution in [0, 0.1) is 5.92 Å². The first-order chi connectivity index (χ1) is 8.99. The molecule has 0 radical (unpaired) electrons. The minimum Gasteiger partial charge on any atom is -0.356 e. The molecule has 2 rings (SSSR count). The van der Waals surface area contributed by atoms with Gasteiger partial charge in [-0.2, -0.15) is 0 Å². The molecule has 1 fully saturated rings. The van der Waals surface area contributed by atoms with E-state index in [9.17, 15) is 0 Å². The topological polar surface area (TPSA) is 29.0 Å². The Morgan fingerprint density at radius 3 is 2.58 bits per heavy atom. The van der Waals surface area contributed by atoms with Gasteiger partial charge in [0.15, 0.2) is 0 Å². The van der Waals surface area contributed by atoms with Gasteiger partial charge in [0.05, 0.1) is 0 Å². The van der Waals surface area contributed by atoms with Crippen LogP contribution in [0.3, 0.4) is 0 Å². The predicted molar refractivity (Wildman–Crippen MR) is 83.6 cm³/mol. The fourth-order valence-corrected chi connectivity index (χ4v) is 3.29. The first-order valence-corrected chi connectivity index (χ1v) is 8.05. The Hall–Kier alpha value is -0.640. The van der Waals surface area contributed by atoms with E-state index >= 15 is 0 Å². The summed E-state index contributed by atoms with van der Waals surface area (Å²) in [7, 11) is 2.17. The highest BCUT2D eigenvalue weighted by Gasteiger charge is 2.26. The Bertz CT molecular complexity index is 433. The average Bonchev–Trinajstić information content (AvgIpc) is 2.37. The molecule has 1 aliphatic rings. The van der Waals surface area contributed by atoms with Crippen molar-refractivity contribution in [3.05, 3.63) is 16.5 Å². The van der Waals surface area contributed by atoms with Crippen molar-refractivity contribution in [2.24, 2.45) is 5.92 Å². The molecule has 1 aromatic rings. The summed E-state index contributed by atoms with van der Waals surface area (Å²) in [5.74, 6) is 3.06. The third-order valence-electron chi connectivity index (χ3n) is 4.14. The summed E-state index contributed by atoms with van der Waals surface area (Å²) in [6.45, 7) is 6.63. The molecule has 2 atom stereocenters. The summed E-state index contributed by atoms with van der Waals surface area (Å²) in [6.07, 6.45) is 5.31. The maximum absolute atomic E-state index is 4.73. The molecule has 0 N–H and O–H groups in total. The van der Waals surface area contributed by atoms with E-state index in [1.165, 1.54) is 25.7 Å². The number of hydrogen-bond acceptors (Lipinski definition) is 3. The van der Waals surface area contributed by atoms with Crippen molar-refractivity contribution in [3.8, 4) is 0 Å². The fourth-order valence-electron chi connectivity index (χ4n) is 2.90. The van der Waals surface area contributed by atoms with E-state index < -0.39 is 0 Å². The molecule has 106 valence electrons. The van der Waals surface area contributed by atoms with Crippen LogP contribution in [-0.4, -0.2) is 23.1 Å². The van der Waals surface area contributed by atoms with E-state index in [4.69, 9.17) is 4.98 Å². The summed E-state index contributed by atoms with van der Waals surface area (Å²) in [4.78, 5) is 11.5. The first kappa shape index (κ1) is 14.8. The third kappa shape index (κ3) is 3.47. The molecule has 1 aromatic heterocycles. The van der Waals surface area contributed by atoms with Gasteiger partial charge < -0.3 is 4.90 Å². The lowest BCUT2D eigenvalue weighted by Gasteiger charge is -2.37. The third-order valence-corrected chi connectivity index (χ3v) is 4.55. The standard InChI is InChI=1S/C15H24BrN3/c1-10(2)15-17-13(16)9-14(18-15)19(4)12-8-6-5-7-11(12)3/h9-12H,5-8H2,1-4H3. The normalized spacial score (nSPS) is 23.7. The number of nitrogens with zero attached hydrogens (tertiary/aromatic N) is 3. The number of aromatic nitrogens is 2. The molecule has 1 aliphatic carbocycles. The van der Waals surface area contributed by atoms with Gasteiger partial charge in [0.2, 0.25) is 0 Å². The van der Waals surface area contributed by atoms with Crippen LogP contribution in [-0.2, 0) is 0 Å². The summed E-state index contributed by atoms with van der Waals surface area (Å²) < 4.78 is 0.886. The Balaban J connectivity index is 2.24. The maximum atomic E-state index is 4.73. The molecule has 0 amide bonds. The van der Waals surface area contributed by atoms with Crippen molar-refractivity contribution in [1.29, 1.82) is 0 Å². The van der Waals surface area contributed by atoms with Crippen LogP contribution in [0.5, 0.6) is 0 Å². The fraction of sp³-hybridized carbons (Fsp3) is 0.733. The molecule has 1 saturated carbocycles. The van der Waals surface area contributed by atoms with E-state index in [0.29, 0.717) is 12.0 Å². The summed E-state index contributed by atoms with van der Waals surface area (Å²) >= 11 is 3.51. The molecule has 2 unspecified atom stereocenters. The van der Waals surface area contributed by atoms with Gasteiger partial charge in [-0.15, -0.1) is 0 Å². The Morgan fingerprint density at radius 1 is 1.26 bits per heavy atom. The van der Waals surface area contributed by atoms with Crippen LogP contribution in [0.25, 0.3) is 0 Å². The van der Waals surface area contributed by atoms with Crippen LogP contribution in [0.15, 0.2) is 10.7 Å². The molecular formula is C15H24BrN3. The average molecular weight is 326 g/mol. The van der Waals surface area contributed by atoms with Crippen LogP contribution in [0.4, 0.5) is 5.82 Å². The number of halogens is 1. The van der Waals surface area contributed by atoms with Crippen LogP contribution >= 0.6 is 15.9 Å². The summed E-state index contributed by atoms with van der Waals surface area (Å²) in [5.41, 5.74) is 0. The van der Waals surface area contributed by atoms with Crippen LogP contribution in [0.1, 0.15) is 58.2 Å². The molecule has 4 heteroatoms. The maximum Gasteiger partial charge on any atom is 0.134 e. The molecule has 0 aromatic carbocycles. The molecule has 1 heterocycles. The molecular weight excluding hydrogens is 302 g/mol. The van der Waals surface area contributed by atoms with Gasteiger partial charge in [0.1, 0.15) is 16.2 Å². The van der Waals surface area contributed by atoms with Gasteiger partial charge in [-0.05, 0) is 34.7 Å². The van der Waals surface area contributed by atoms with Gasteiger partial charge in [0.25, 0.3) is 0 Å². The van der Waals surface area contributed by atoms with Crippen molar-refractivity contribution in [1.82, 2.24) is 9.97 Å². The summed E-state index contributed by atoms with van der Waals surface area (Å²) in [6, 6.07) is 2.64. The van der Waals surface area contributed by atoms with Gasteiger partial charge >= 0.3 is 0 Å². The van der Waals surface area contributed by atoms with Gasteiger partial charge in [0, 0.05) is 25.1 Å². The highest BCUT2D eigenvalue weighted by atomic mass is 79.9. The minimum atomic E-state index is 0.355. The molecule has 0 spiro atoms. The number of anilines is 1. The zero-order chi connectivity index (χ0) is 14.0. The molecule has 0 bridgehead atoms. The van der Waals surface area contributed by atoms with E-state index in [1.807, 2.05) is 6.07 Å². The van der Waals surface area contributed by atoms with E-state index in [2.05, 4.69) is 53.6 Å². The van der Waals surface area contributed by atoms with E-state index in [-0.39, 0.29) is 0 Å². The largest absolute Gasteiger partial charge is 0.356 e. The quantitative estimate of drug-likeness (QED) is 0.772. The second-order valence-corrected chi connectivity index (χ2v) is 6.81. The predicted octanol–water partition coefficient (Wildman–Crippen LogP) is 4.38. The second-order valence-electron chi connectivity index (χ2n) is 6.00. The number of hydrogen-bond donors (Lipinski definition) is 0. The molecule has 0 saturated heterocycles. The minimum absolute atomic E-state index is 0.355. The van der Waals surface area contributed by atoms with Crippen molar-refractivity contribution < 1.29 is 0 Å². The monoisotopic (exact) mass is 325 g/mol. The van der Waals surface area contributed by atoms with Crippen molar-refractivity contribution in [2.75, 3.05) is 11.9 Å². The lowest BCUT2D eigenvalue weighted by molar-refractivity contribution is 0.320. The lowest BCUT2D eigenvalue weighted by atomic mass is 9.85. The molecule has 3 nitrogen and oxygen atoms in total. The molecule has 19 heavy (non-hydrogen) atoms. The second kappa shape index (κ2) is 6.21. The van der Waals surface area contributed by atoms with E-state index in [1.54, 1.807) is 0 Å². The summed E-state index contributed by atoms with van der Waals surface area (Å²) in [5, 5.41) is 0. The highest BCUT2D eigenvalue weighted by Crippen LogP contribution is 2.30. The lowest BCUT2D eigenvalue weighted by Crippen LogP contribution is -2.39. The van der Waals surface area contributed by atoms with Gasteiger partial charge in [-0.1, -0.05) is 33.6 Å². The Labute approximate surface area is 125 Å². The zero-order valence-electron chi connectivity index (χ0n) is 12.4. The van der Waals surface area contributed by atoms with Gasteiger partial charge in [-0.3, -0.25) is 0 Å². The Kier molecular flexibility index (Phi) is 4.82. The zero-order valence-corrected chi connectivity index (χ0v) is 13.9. The van der Waals surface area contributed by atoms with Crippen molar-refractivity contribution in [2.45, 2.75) is 58.4 Å². The smallest absolute Gasteiger partial charge is 0.134 e. The van der Waals surface area contributed by atoms with E-state index in [0.717, 1.165) is 22.2 Å². The number of rotatable bonds is 3. The van der Waals surface area contributed by atoms with Crippen molar-refractivity contribution in [3.63, 3.8) is 0 Å². The van der Waals surface area contributed by atoms with Gasteiger partial charge in [-0.25, -0.2) is 9.97 Å². The van der Waals surface area contributed by atoms with Crippen LogP contribution in [0.2, 0.25) is 0 Å². The Morgan fingerprint density at radius 2 is 1.95 bits per heavy atom. The first-order valence-electron chi connectivity index (χ1n) is 7.26.